The van der Waals surface area contributed by atoms with Crippen molar-refractivity contribution in [2.24, 2.45) is 0 Å². The first-order valence-electron chi connectivity index (χ1n) is 3.47. The van der Waals surface area contributed by atoms with Gasteiger partial charge in [0, 0.05) is 14.8 Å². The van der Waals surface area contributed by atoms with Crippen molar-refractivity contribution >= 4 is 43.5 Å². The lowest BCUT2D eigenvalue weighted by Gasteiger charge is -2.13. The van der Waals surface area contributed by atoms with Crippen LogP contribution in [0.5, 0.6) is 0 Å². The highest BCUT2D eigenvalue weighted by Crippen LogP contribution is 2.38. The smallest absolute Gasteiger partial charge is 0.166 e. The summed E-state index contributed by atoms with van der Waals surface area (Å²) in [5.74, 6) is -0.178. The molecule has 6 heteroatoms. The van der Waals surface area contributed by atoms with Crippen LogP contribution in [0.2, 0.25) is 0 Å². The molecule has 0 aliphatic carbocycles. The van der Waals surface area contributed by atoms with Crippen molar-refractivity contribution in [3.8, 4) is 0 Å². The normalized spacial score (nSPS) is 11.9. The Morgan fingerprint density at radius 2 is 1.79 bits per heavy atom. The average molecular weight is 352 g/mol. The van der Waals surface area contributed by atoms with Gasteiger partial charge >= 0.3 is 6.18 Å². The Labute approximate surface area is 101 Å². The number of benzene rings is 1. The Bertz CT molecular complexity index is 349. The molecule has 0 heterocycles. The quantitative estimate of drug-likeness (QED) is 0.626. The summed E-state index contributed by atoms with van der Waals surface area (Å²) >= 11 is 11.5. The number of halogens is 6. The van der Waals surface area contributed by atoms with E-state index in [2.05, 4.69) is 31.9 Å². The molecule has 14 heavy (non-hydrogen) atoms. The van der Waals surface area contributed by atoms with Crippen molar-refractivity contribution in [1.29, 1.82) is 0 Å². The second kappa shape index (κ2) is 4.41. The molecule has 0 aliphatic heterocycles. The summed E-state index contributed by atoms with van der Waals surface area (Å²) in [5, 5.41) is 0. The molecule has 0 fully saturated rings. The summed E-state index contributed by atoms with van der Waals surface area (Å²) in [6, 6.07) is 2.55. The van der Waals surface area contributed by atoms with Gasteiger partial charge in [-0.25, -0.2) is 0 Å². The van der Waals surface area contributed by atoms with Crippen molar-refractivity contribution in [3.63, 3.8) is 0 Å². The fourth-order valence-electron chi connectivity index (χ4n) is 0.992. The van der Waals surface area contributed by atoms with E-state index in [1.807, 2.05) is 0 Å². The maximum absolute atomic E-state index is 12.5. The Hall–Kier alpha value is 0.260. The first-order chi connectivity index (χ1) is 6.36. The van der Waals surface area contributed by atoms with Crippen molar-refractivity contribution < 1.29 is 13.2 Å². The number of alkyl halides is 4. The summed E-state index contributed by atoms with van der Waals surface area (Å²) in [5.41, 5.74) is -0.656. The standard InChI is InChI=1S/C8H4Br2ClF3/c9-4-1-6(8(12,13)14)5(3-11)7(10)2-4/h1-2H,3H2. The van der Waals surface area contributed by atoms with Crippen LogP contribution in [0.4, 0.5) is 13.2 Å². The van der Waals surface area contributed by atoms with Gasteiger partial charge < -0.3 is 0 Å². The van der Waals surface area contributed by atoms with Crippen molar-refractivity contribution in [2.45, 2.75) is 12.1 Å². The van der Waals surface area contributed by atoms with Gasteiger partial charge in [0.2, 0.25) is 0 Å². The largest absolute Gasteiger partial charge is 0.416 e. The number of hydrogen-bond donors (Lipinski definition) is 0. The lowest BCUT2D eigenvalue weighted by atomic mass is 10.1. The van der Waals surface area contributed by atoms with E-state index in [4.69, 9.17) is 11.6 Å². The number of hydrogen-bond acceptors (Lipinski definition) is 0. The summed E-state index contributed by atoms with van der Waals surface area (Å²) in [7, 11) is 0. The molecule has 0 aliphatic rings. The van der Waals surface area contributed by atoms with Crippen LogP contribution in [0.25, 0.3) is 0 Å². The highest BCUT2D eigenvalue weighted by atomic mass is 79.9. The van der Waals surface area contributed by atoms with Crippen LogP contribution in [-0.4, -0.2) is 0 Å². The molecule has 0 radical (unpaired) electrons. The molecule has 0 bridgehead atoms. The molecule has 0 unspecified atom stereocenters. The lowest BCUT2D eigenvalue weighted by Crippen LogP contribution is -2.09. The molecule has 0 amide bonds. The minimum Gasteiger partial charge on any atom is -0.166 e. The fraction of sp³-hybridized carbons (Fsp3) is 0.250. The van der Waals surface area contributed by atoms with Gasteiger partial charge in [-0.15, -0.1) is 11.6 Å². The van der Waals surface area contributed by atoms with Gasteiger partial charge in [-0.3, -0.25) is 0 Å². The van der Waals surface area contributed by atoms with E-state index in [0.29, 0.717) is 8.95 Å². The zero-order valence-corrected chi connectivity index (χ0v) is 10.6. The summed E-state index contributed by atoms with van der Waals surface area (Å²) < 4.78 is 38.2. The molecule has 1 aromatic carbocycles. The van der Waals surface area contributed by atoms with Crippen LogP contribution >= 0.6 is 43.5 Å². The average Bonchev–Trinajstić information content (AvgIpc) is 2.01. The Kier molecular flexibility index (Phi) is 3.88. The van der Waals surface area contributed by atoms with Crippen LogP contribution in [0.15, 0.2) is 21.1 Å². The summed E-state index contributed by atoms with van der Waals surface area (Å²) in [6.45, 7) is 0. The topological polar surface area (TPSA) is 0 Å². The van der Waals surface area contributed by atoms with Gasteiger partial charge in [0.05, 0.1) is 5.56 Å². The maximum Gasteiger partial charge on any atom is 0.416 e. The van der Waals surface area contributed by atoms with E-state index in [1.165, 1.54) is 6.07 Å². The molecule has 1 rings (SSSR count). The highest BCUT2D eigenvalue weighted by Gasteiger charge is 2.34. The molecule has 0 N–H and O–H groups in total. The highest BCUT2D eigenvalue weighted by molar-refractivity contribution is 9.11. The fourth-order valence-corrected chi connectivity index (χ4v) is 2.81. The van der Waals surface area contributed by atoms with E-state index < -0.39 is 11.7 Å². The first kappa shape index (κ1) is 12.3. The molecule has 0 spiro atoms. The molecule has 0 atom stereocenters. The summed E-state index contributed by atoms with van der Waals surface area (Å²) in [4.78, 5) is 0. The third kappa shape index (κ3) is 2.64. The van der Waals surface area contributed by atoms with Gasteiger partial charge in [-0.1, -0.05) is 31.9 Å². The second-order valence-electron chi connectivity index (χ2n) is 2.55. The first-order valence-corrected chi connectivity index (χ1v) is 5.59. The van der Waals surface area contributed by atoms with Gasteiger partial charge in [0.1, 0.15) is 0 Å². The van der Waals surface area contributed by atoms with E-state index in [9.17, 15) is 13.2 Å². The molecular formula is C8H4Br2ClF3. The van der Waals surface area contributed by atoms with Gasteiger partial charge in [0.15, 0.2) is 0 Å². The Balaban J connectivity index is 3.40. The van der Waals surface area contributed by atoms with Gasteiger partial charge in [-0.2, -0.15) is 13.2 Å². The predicted octanol–water partition coefficient (Wildman–Crippen LogP) is 4.97. The SMILES string of the molecule is FC(F)(F)c1cc(Br)cc(Br)c1CCl. The maximum atomic E-state index is 12.5. The minimum atomic E-state index is -4.38. The molecule has 0 saturated heterocycles. The zero-order chi connectivity index (χ0) is 10.9. The van der Waals surface area contributed by atoms with Crippen LogP contribution in [-0.2, 0) is 12.1 Å². The van der Waals surface area contributed by atoms with Gasteiger partial charge in [-0.05, 0) is 17.7 Å². The number of rotatable bonds is 1. The van der Waals surface area contributed by atoms with Crippen LogP contribution in [0.1, 0.15) is 11.1 Å². The molecule has 0 nitrogen and oxygen atoms in total. The molecule has 0 aromatic heterocycles. The van der Waals surface area contributed by atoms with Crippen LogP contribution in [0, 0.1) is 0 Å². The lowest BCUT2D eigenvalue weighted by molar-refractivity contribution is -0.138. The predicted molar refractivity (Wildman–Crippen MR) is 56.4 cm³/mol. The third-order valence-corrected chi connectivity index (χ3v) is 3.03. The molecule has 1 aromatic rings. The van der Waals surface area contributed by atoms with E-state index in [0.717, 1.165) is 6.07 Å². The van der Waals surface area contributed by atoms with Crippen molar-refractivity contribution in [1.82, 2.24) is 0 Å². The molecule has 78 valence electrons. The molecular weight excluding hydrogens is 348 g/mol. The second-order valence-corrected chi connectivity index (χ2v) is 4.58. The van der Waals surface area contributed by atoms with Gasteiger partial charge in [0.25, 0.3) is 0 Å². The van der Waals surface area contributed by atoms with Crippen molar-refractivity contribution in [2.75, 3.05) is 0 Å². The van der Waals surface area contributed by atoms with Crippen molar-refractivity contribution in [3.05, 3.63) is 32.2 Å². The monoisotopic (exact) mass is 350 g/mol. The zero-order valence-electron chi connectivity index (χ0n) is 6.63. The van der Waals surface area contributed by atoms with E-state index in [-0.39, 0.29) is 11.4 Å². The molecule has 0 saturated carbocycles. The van der Waals surface area contributed by atoms with E-state index >= 15 is 0 Å². The Morgan fingerprint density at radius 3 is 2.21 bits per heavy atom. The van der Waals surface area contributed by atoms with E-state index in [1.54, 1.807) is 0 Å². The third-order valence-electron chi connectivity index (χ3n) is 1.60. The summed E-state index contributed by atoms with van der Waals surface area (Å²) in [6.07, 6.45) is -4.38. The minimum absolute atomic E-state index is 0.0577. The Morgan fingerprint density at radius 1 is 1.21 bits per heavy atom. The van der Waals surface area contributed by atoms with Crippen LogP contribution < -0.4 is 0 Å². The van der Waals surface area contributed by atoms with Crippen LogP contribution in [0.3, 0.4) is 0 Å².